The average Bonchev–Trinajstić information content (AvgIpc) is 2.20. The van der Waals surface area contributed by atoms with Gasteiger partial charge in [0.1, 0.15) is 0 Å². The number of rotatable bonds is 1. The Bertz CT molecular complexity index is 334. The van der Waals surface area contributed by atoms with Crippen molar-refractivity contribution in [2.24, 2.45) is 0 Å². The van der Waals surface area contributed by atoms with Crippen molar-refractivity contribution in [1.82, 2.24) is 5.32 Å². The smallest absolute Gasteiger partial charge is 0.227 e. The minimum absolute atomic E-state index is 0.0526. The summed E-state index contributed by atoms with van der Waals surface area (Å²) >= 11 is 3.38. The number of piperidine rings is 1. The Hall–Kier alpha value is -0.830. The van der Waals surface area contributed by atoms with Crippen molar-refractivity contribution >= 4 is 21.8 Å². The van der Waals surface area contributed by atoms with Crippen LogP contribution in [0.25, 0.3) is 0 Å². The second-order valence-electron chi connectivity index (χ2n) is 3.54. The predicted molar refractivity (Wildman–Crippen MR) is 59.1 cm³/mol. The lowest BCUT2D eigenvalue weighted by Gasteiger charge is -2.21. The zero-order valence-corrected chi connectivity index (χ0v) is 9.38. The summed E-state index contributed by atoms with van der Waals surface area (Å²) in [6.45, 7) is 0.825. The molecule has 1 N–H and O–H groups in total. The number of hydrogen-bond acceptors (Lipinski definition) is 1. The van der Waals surface area contributed by atoms with Crippen LogP contribution in [0.1, 0.15) is 24.3 Å². The van der Waals surface area contributed by atoms with E-state index < -0.39 is 0 Å². The third-order valence-electron chi connectivity index (χ3n) is 2.56. The number of benzene rings is 1. The Kier molecular flexibility index (Phi) is 2.87. The molecule has 1 aliphatic heterocycles. The first kappa shape index (κ1) is 9.71. The standard InChI is InChI=1S/C11H12BrNO/c12-9-5-3-8(4-6-9)10-2-1-7-13-11(10)14/h3-6,10H,1-2,7H2,(H,13,14)/t10-/m0/s1. The van der Waals surface area contributed by atoms with E-state index in [1.165, 1.54) is 0 Å². The van der Waals surface area contributed by atoms with Gasteiger partial charge in [-0.05, 0) is 30.5 Å². The summed E-state index contributed by atoms with van der Waals surface area (Å²) in [6.07, 6.45) is 2.04. The van der Waals surface area contributed by atoms with E-state index in [-0.39, 0.29) is 11.8 Å². The lowest BCUT2D eigenvalue weighted by molar-refractivity contribution is -0.123. The van der Waals surface area contributed by atoms with Crippen LogP contribution < -0.4 is 5.32 Å². The van der Waals surface area contributed by atoms with Gasteiger partial charge in [-0.1, -0.05) is 28.1 Å². The van der Waals surface area contributed by atoms with E-state index >= 15 is 0 Å². The molecule has 2 rings (SSSR count). The van der Waals surface area contributed by atoms with Crippen LogP contribution in [0, 0.1) is 0 Å². The molecule has 1 aromatic carbocycles. The minimum Gasteiger partial charge on any atom is -0.356 e. The van der Waals surface area contributed by atoms with E-state index in [1.807, 2.05) is 24.3 Å². The van der Waals surface area contributed by atoms with Crippen molar-refractivity contribution in [3.05, 3.63) is 34.3 Å². The zero-order chi connectivity index (χ0) is 9.97. The summed E-state index contributed by atoms with van der Waals surface area (Å²) in [6, 6.07) is 7.99. The molecule has 14 heavy (non-hydrogen) atoms. The number of amides is 1. The van der Waals surface area contributed by atoms with E-state index in [2.05, 4.69) is 21.2 Å². The molecule has 1 aromatic rings. The molecule has 1 amide bonds. The normalized spacial score (nSPS) is 21.8. The molecule has 1 atom stereocenters. The van der Waals surface area contributed by atoms with E-state index in [1.54, 1.807) is 0 Å². The molecule has 0 aromatic heterocycles. The maximum Gasteiger partial charge on any atom is 0.227 e. The van der Waals surface area contributed by atoms with Gasteiger partial charge in [-0.25, -0.2) is 0 Å². The fourth-order valence-corrected chi connectivity index (χ4v) is 2.05. The van der Waals surface area contributed by atoms with Gasteiger partial charge in [0.25, 0.3) is 0 Å². The molecule has 3 heteroatoms. The Morgan fingerprint density at radius 3 is 2.64 bits per heavy atom. The van der Waals surface area contributed by atoms with Gasteiger partial charge in [0.2, 0.25) is 5.91 Å². The van der Waals surface area contributed by atoms with Crippen molar-refractivity contribution < 1.29 is 4.79 Å². The molecular formula is C11H12BrNO. The zero-order valence-electron chi connectivity index (χ0n) is 7.79. The SMILES string of the molecule is O=C1NCCC[C@H]1c1ccc(Br)cc1. The van der Waals surface area contributed by atoms with Gasteiger partial charge < -0.3 is 5.32 Å². The Balaban J connectivity index is 2.20. The van der Waals surface area contributed by atoms with Crippen LogP contribution in [0.4, 0.5) is 0 Å². The largest absolute Gasteiger partial charge is 0.356 e. The molecule has 74 valence electrons. The fourth-order valence-electron chi connectivity index (χ4n) is 1.79. The van der Waals surface area contributed by atoms with Crippen molar-refractivity contribution in [2.75, 3.05) is 6.54 Å². The minimum atomic E-state index is 0.0526. The first-order valence-electron chi connectivity index (χ1n) is 4.80. The highest BCUT2D eigenvalue weighted by Crippen LogP contribution is 2.25. The van der Waals surface area contributed by atoms with Crippen molar-refractivity contribution in [3.63, 3.8) is 0 Å². The van der Waals surface area contributed by atoms with E-state index in [0.29, 0.717) is 0 Å². The first-order valence-corrected chi connectivity index (χ1v) is 5.60. The van der Waals surface area contributed by atoms with Crippen LogP contribution in [0.2, 0.25) is 0 Å². The monoisotopic (exact) mass is 253 g/mol. The second kappa shape index (κ2) is 4.13. The van der Waals surface area contributed by atoms with Gasteiger partial charge in [0, 0.05) is 11.0 Å². The maximum absolute atomic E-state index is 11.6. The summed E-state index contributed by atoms with van der Waals surface area (Å²) < 4.78 is 1.05. The third kappa shape index (κ3) is 1.98. The molecule has 0 bridgehead atoms. The van der Waals surface area contributed by atoms with Crippen molar-refractivity contribution in [3.8, 4) is 0 Å². The fraction of sp³-hybridized carbons (Fsp3) is 0.364. The highest BCUT2D eigenvalue weighted by molar-refractivity contribution is 9.10. The van der Waals surface area contributed by atoms with Gasteiger partial charge in [-0.2, -0.15) is 0 Å². The molecule has 0 spiro atoms. The van der Waals surface area contributed by atoms with Gasteiger partial charge in [0.05, 0.1) is 5.92 Å². The molecule has 0 aliphatic carbocycles. The highest BCUT2D eigenvalue weighted by atomic mass is 79.9. The number of carbonyl (C=O) groups is 1. The summed E-state index contributed by atoms with van der Waals surface area (Å²) in [5.41, 5.74) is 1.12. The second-order valence-corrected chi connectivity index (χ2v) is 4.45. The molecule has 0 saturated carbocycles. The molecular weight excluding hydrogens is 242 g/mol. The molecule has 0 unspecified atom stereocenters. The Morgan fingerprint density at radius 2 is 2.00 bits per heavy atom. The topological polar surface area (TPSA) is 29.1 Å². The van der Waals surface area contributed by atoms with E-state index in [0.717, 1.165) is 29.4 Å². The van der Waals surface area contributed by atoms with Gasteiger partial charge >= 0.3 is 0 Å². The van der Waals surface area contributed by atoms with E-state index in [4.69, 9.17) is 0 Å². The molecule has 1 aliphatic rings. The van der Waals surface area contributed by atoms with Gasteiger partial charge in [-0.3, -0.25) is 4.79 Å². The van der Waals surface area contributed by atoms with Crippen LogP contribution in [0.3, 0.4) is 0 Å². The molecule has 1 heterocycles. The maximum atomic E-state index is 11.6. The molecule has 2 nitrogen and oxygen atoms in total. The number of nitrogens with one attached hydrogen (secondary N) is 1. The lowest BCUT2D eigenvalue weighted by atomic mass is 9.91. The van der Waals surface area contributed by atoms with Crippen molar-refractivity contribution in [2.45, 2.75) is 18.8 Å². The van der Waals surface area contributed by atoms with Crippen LogP contribution >= 0.6 is 15.9 Å². The van der Waals surface area contributed by atoms with E-state index in [9.17, 15) is 4.79 Å². The van der Waals surface area contributed by atoms with Crippen LogP contribution in [0.5, 0.6) is 0 Å². The Morgan fingerprint density at radius 1 is 1.29 bits per heavy atom. The van der Waals surface area contributed by atoms with Crippen LogP contribution in [-0.4, -0.2) is 12.5 Å². The Labute approximate surface area is 91.8 Å². The number of halogens is 1. The quantitative estimate of drug-likeness (QED) is 0.819. The van der Waals surface area contributed by atoms with Crippen LogP contribution in [0.15, 0.2) is 28.7 Å². The summed E-state index contributed by atoms with van der Waals surface area (Å²) in [5.74, 6) is 0.218. The number of carbonyl (C=O) groups excluding carboxylic acids is 1. The van der Waals surface area contributed by atoms with Crippen molar-refractivity contribution in [1.29, 1.82) is 0 Å². The first-order chi connectivity index (χ1) is 6.77. The molecule has 1 saturated heterocycles. The van der Waals surface area contributed by atoms with Gasteiger partial charge in [0.15, 0.2) is 0 Å². The summed E-state index contributed by atoms with van der Waals surface area (Å²) in [5, 5.41) is 2.89. The summed E-state index contributed by atoms with van der Waals surface area (Å²) in [4.78, 5) is 11.6. The average molecular weight is 254 g/mol. The lowest BCUT2D eigenvalue weighted by Crippen LogP contribution is -2.34. The summed E-state index contributed by atoms with van der Waals surface area (Å²) in [7, 11) is 0. The highest BCUT2D eigenvalue weighted by Gasteiger charge is 2.23. The molecule has 1 fully saturated rings. The molecule has 0 radical (unpaired) electrons. The van der Waals surface area contributed by atoms with Crippen LogP contribution in [-0.2, 0) is 4.79 Å². The third-order valence-corrected chi connectivity index (χ3v) is 3.09. The number of hydrogen-bond donors (Lipinski definition) is 1. The predicted octanol–water partition coefficient (Wildman–Crippen LogP) is 2.44. The van der Waals surface area contributed by atoms with Gasteiger partial charge in [-0.15, -0.1) is 0 Å².